The topological polar surface area (TPSA) is 67.4 Å². The molecule has 1 aliphatic rings. The SMILES string of the molecule is CC(C)(C)c1ccc(C(=O)Nc2ccc3c(c2)C(=O)NCCO3)cc1. The average Bonchev–Trinajstić information content (AvgIpc) is 2.76. The molecule has 1 aliphatic heterocycles. The first-order valence-corrected chi connectivity index (χ1v) is 8.31. The van der Waals surface area contributed by atoms with Gasteiger partial charge in [0.05, 0.1) is 12.1 Å². The molecule has 130 valence electrons. The van der Waals surface area contributed by atoms with E-state index in [1.54, 1.807) is 18.2 Å². The third kappa shape index (κ3) is 3.82. The summed E-state index contributed by atoms with van der Waals surface area (Å²) in [4.78, 5) is 24.5. The molecule has 2 aromatic carbocycles. The van der Waals surface area contributed by atoms with Crippen LogP contribution in [0.2, 0.25) is 0 Å². The molecule has 1 heterocycles. The van der Waals surface area contributed by atoms with Gasteiger partial charge in [-0.25, -0.2) is 0 Å². The maximum absolute atomic E-state index is 12.4. The predicted octanol–water partition coefficient (Wildman–Crippen LogP) is 3.36. The van der Waals surface area contributed by atoms with Crippen molar-refractivity contribution in [1.82, 2.24) is 5.32 Å². The largest absolute Gasteiger partial charge is 0.491 e. The number of nitrogens with one attached hydrogen (secondary N) is 2. The van der Waals surface area contributed by atoms with E-state index < -0.39 is 0 Å². The highest BCUT2D eigenvalue weighted by Gasteiger charge is 2.18. The summed E-state index contributed by atoms with van der Waals surface area (Å²) in [6.45, 7) is 7.29. The number of ether oxygens (including phenoxy) is 1. The zero-order valence-electron chi connectivity index (χ0n) is 14.7. The molecular weight excluding hydrogens is 316 g/mol. The van der Waals surface area contributed by atoms with Crippen LogP contribution in [-0.2, 0) is 5.41 Å². The molecule has 3 rings (SSSR count). The summed E-state index contributed by atoms with van der Waals surface area (Å²) in [6.07, 6.45) is 0. The van der Waals surface area contributed by atoms with Gasteiger partial charge in [0.25, 0.3) is 11.8 Å². The molecular formula is C20H22N2O3. The highest BCUT2D eigenvalue weighted by Crippen LogP contribution is 2.25. The van der Waals surface area contributed by atoms with Gasteiger partial charge in [0, 0.05) is 11.3 Å². The molecule has 2 amide bonds. The zero-order chi connectivity index (χ0) is 18.0. The number of hydrogen-bond donors (Lipinski definition) is 2. The van der Waals surface area contributed by atoms with Crippen LogP contribution >= 0.6 is 0 Å². The molecule has 2 aromatic rings. The Bertz CT molecular complexity index is 805. The molecule has 0 unspecified atom stereocenters. The molecule has 0 saturated heterocycles. The van der Waals surface area contributed by atoms with E-state index in [1.165, 1.54) is 5.56 Å². The molecule has 0 radical (unpaired) electrons. The lowest BCUT2D eigenvalue weighted by Gasteiger charge is -2.19. The van der Waals surface area contributed by atoms with Gasteiger partial charge in [-0.3, -0.25) is 9.59 Å². The number of amides is 2. The molecule has 25 heavy (non-hydrogen) atoms. The highest BCUT2D eigenvalue weighted by atomic mass is 16.5. The van der Waals surface area contributed by atoms with E-state index in [0.717, 1.165) is 0 Å². The van der Waals surface area contributed by atoms with Gasteiger partial charge in [-0.2, -0.15) is 0 Å². The Balaban J connectivity index is 1.78. The van der Waals surface area contributed by atoms with Gasteiger partial charge in [-0.05, 0) is 41.3 Å². The number of rotatable bonds is 2. The molecule has 5 heteroatoms. The Morgan fingerprint density at radius 3 is 2.52 bits per heavy atom. The van der Waals surface area contributed by atoms with Gasteiger partial charge in [-0.1, -0.05) is 32.9 Å². The number of carbonyl (C=O) groups excluding carboxylic acids is 2. The fourth-order valence-corrected chi connectivity index (χ4v) is 2.66. The smallest absolute Gasteiger partial charge is 0.255 e. The van der Waals surface area contributed by atoms with Crippen LogP contribution in [0.15, 0.2) is 42.5 Å². The summed E-state index contributed by atoms with van der Waals surface area (Å²) in [7, 11) is 0. The molecule has 0 atom stereocenters. The summed E-state index contributed by atoms with van der Waals surface area (Å²) < 4.78 is 5.51. The summed E-state index contributed by atoms with van der Waals surface area (Å²) in [5, 5.41) is 5.59. The Hall–Kier alpha value is -2.82. The number of fused-ring (bicyclic) bond motifs is 1. The maximum atomic E-state index is 12.4. The Labute approximate surface area is 147 Å². The van der Waals surface area contributed by atoms with Gasteiger partial charge in [0.15, 0.2) is 0 Å². The van der Waals surface area contributed by atoms with Crippen molar-refractivity contribution in [3.05, 3.63) is 59.2 Å². The van der Waals surface area contributed by atoms with Crippen molar-refractivity contribution in [3.8, 4) is 5.75 Å². The van der Waals surface area contributed by atoms with E-state index in [-0.39, 0.29) is 17.2 Å². The molecule has 0 aromatic heterocycles. The van der Waals surface area contributed by atoms with Crippen LogP contribution in [0.4, 0.5) is 5.69 Å². The second kappa shape index (κ2) is 6.59. The molecule has 0 fully saturated rings. The highest BCUT2D eigenvalue weighted by molar-refractivity contribution is 6.05. The monoisotopic (exact) mass is 338 g/mol. The Morgan fingerprint density at radius 1 is 1.12 bits per heavy atom. The van der Waals surface area contributed by atoms with E-state index >= 15 is 0 Å². The van der Waals surface area contributed by atoms with Crippen LogP contribution in [-0.4, -0.2) is 25.0 Å². The lowest BCUT2D eigenvalue weighted by molar-refractivity contribution is 0.0955. The molecule has 0 aliphatic carbocycles. The van der Waals surface area contributed by atoms with Crippen molar-refractivity contribution in [2.45, 2.75) is 26.2 Å². The molecule has 0 saturated carbocycles. The summed E-state index contributed by atoms with van der Waals surface area (Å²) in [5.74, 6) is 0.121. The third-order valence-electron chi connectivity index (χ3n) is 4.14. The fraction of sp³-hybridized carbons (Fsp3) is 0.300. The van der Waals surface area contributed by atoms with Crippen LogP contribution in [0.25, 0.3) is 0 Å². The Kier molecular flexibility index (Phi) is 4.49. The van der Waals surface area contributed by atoms with E-state index in [0.29, 0.717) is 35.7 Å². The van der Waals surface area contributed by atoms with Crippen LogP contribution in [0.1, 0.15) is 47.1 Å². The van der Waals surface area contributed by atoms with E-state index in [2.05, 4.69) is 31.4 Å². The minimum absolute atomic E-state index is 0.0410. The molecule has 0 spiro atoms. The Morgan fingerprint density at radius 2 is 1.84 bits per heavy atom. The van der Waals surface area contributed by atoms with Crippen LogP contribution in [0, 0.1) is 0 Å². The van der Waals surface area contributed by atoms with Crippen molar-refractivity contribution >= 4 is 17.5 Å². The number of benzene rings is 2. The summed E-state index contributed by atoms with van der Waals surface area (Å²) in [6, 6.07) is 12.6. The molecule has 5 nitrogen and oxygen atoms in total. The normalized spacial score (nSPS) is 14.0. The van der Waals surface area contributed by atoms with Gasteiger partial charge < -0.3 is 15.4 Å². The summed E-state index contributed by atoms with van der Waals surface area (Å²) >= 11 is 0. The standard InChI is InChI=1S/C20H22N2O3/c1-20(2,3)14-6-4-13(5-7-14)18(23)22-15-8-9-17-16(12-15)19(24)21-10-11-25-17/h4-9,12H,10-11H2,1-3H3,(H,21,24)(H,22,23). The van der Waals surface area contributed by atoms with Crippen molar-refractivity contribution in [2.75, 3.05) is 18.5 Å². The third-order valence-corrected chi connectivity index (χ3v) is 4.14. The summed E-state index contributed by atoms with van der Waals surface area (Å²) in [5.41, 5.74) is 2.77. The second-order valence-electron chi connectivity index (χ2n) is 7.10. The first kappa shape index (κ1) is 17.0. The average molecular weight is 338 g/mol. The lowest BCUT2D eigenvalue weighted by Crippen LogP contribution is -2.24. The van der Waals surface area contributed by atoms with Crippen molar-refractivity contribution in [1.29, 1.82) is 0 Å². The number of hydrogen-bond acceptors (Lipinski definition) is 3. The van der Waals surface area contributed by atoms with Crippen LogP contribution in [0.5, 0.6) is 5.75 Å². The second-order valence-corrected chi connectivity index (χ2v) is 7.10. The zero-order valence-corrected chi connectivity index (χ0v) is 14.7. The van der Waals surface area contributed by atoms with Gasteiger partial charge in [0.1, 0.15) is 12.4 Å². The van der Waals surface area contributed by atoms with E-state index in [9.17, 15) is 9.59 Å². The quantitative estimate of drug-likeness (QED) is 0.882. The van der Waals surface area contributed by atoms with Crippen molar-refractivity contribution < 1.29 is 14.3 Å². The molecule has 2 N–H and O–H groups in total. The van der Waals surface area contributed by atoms with E-state index in [4.69, 9.17) is 4.74 Å². The van der Waals surface area contributed by atoms with Crippen molar-refractivity contribution in [2.24, 2.45) is 0 Å². The van der Waals surface area contributed by atoms with Crippen LogP contribution in [0.3, 0.4) is 0 Å². The van der Waals surface area contributed by atoms with Gasteiger partial charge in [-0.15, -0.1) is 0 Å². The van der Waals surface area contributed by atoms with Crippen molar-refractivity contribution in [3.63, 3.8) is 0 Å². The van der Waals surface area contributed by atoms with E-state index in [1.807, 2.05) is 24.3 Å². The molecule has 0 bridgehead atoms. The number of anilines is 1. The maximum Gasteiger partial charge on any atom is 0.255 e. The fourth-order valence-electron chi connectivity index (χ4n) is 2.66. The number of carbonyl (C=O) groups is 2. The first-order chi connectivity index (χ1) is 11.8. The first-order valence-electron chi connectivity index (χ1n) is 8.31. The minimum Gasteiger partial charge on any atom is -0.491 e. The predicted molar refractivity (Wildman–Crippen MR) is 97.4 cm³/mol. The minimum atomic E-state index is -0.213. The van der Waals surface area contributed by atoms with Gasteiger partial charge in [0.2, 0.25) is 0 Å². The van der Waals surface area contributed by atoms with Gasteiger partial charge >= 0.3 is 0 Å². The van der Waals surface area contributed by atoms with Crippen LogP contribution < -0.4 is 15.4 Å². The lowest BCUT2D eigenvalue weighted by atomic mass is 9.87.